The van der Waals surface area contributed by atoms with Crippen LogP contribution >= 0.6 is 7.82 Å². The highest BCUT2D eigenvalue weighted by Gasteiger charge is 2.21. The number of unbranched alkanes of at least 4 members (excludes halogenated alkanes) is 14. The van der Waals surface area contributed by atoms with Crippen molar-refractivity contribution < 1.29 is 42.1 Å². The van der Waals surface area contributed by atoms with Crippen molar-refractivity contribution in [2.45, 2.75) is 168 Å². The van der Waals surface area contributed by atoms with Crippen LogP contribution in [0.15, 0.2) is 60.8 Å². The van der Waals surface area contributed by atoms with Crippen molar-refractivity contribution >= 4 is 19.8 Å². The summed E-state index contributed by atoms with van der Waals surface area (Å²) in [5, 5.41) is 0. The second kappa shape index (κ2) is 37.3. The van der Waals surface area contributed by atoms with Crippen LogP contribution in [0.2, 0.25) is 0 Å². The Balaban J connectivity index is 4.28. The highest BCUT2D eigenvalue weighted by Crippen LogP contribution is 2.38. The molecule has 0 saturated carbocycles. The third-order valence-corrected chi connectivity index (χ3v) is 9.77. The zero-order valence-electron chi connectivity index (χ0n) is 35.6. The molecule has 0 amide bonds. The van der Waals surface area contributed by atoms with E-state index in [1.165, 1.54) is 51.4 Å². The number of phosphoric acid groups is 1. The molecule has 0 aromatic heterocycles. The molecule has 2 unspecified atom stereocenters. The summed E-state index contributed by atoms with van der Waals surface area (Å²) in [5.74, 6) is -0.856. The van der Waals surface area contributed by atoms with Crippen LogP contribution in [0.1, 0.15) is 162 Å². The monoisotopic (exact) mass is 794 g/mol. The fourth-order valence-corrected chi connectivity index (χ4v) is 6.17. The van der Waals surface area contributed by atoms with Crippen molar-refractivity contribution in [1.82, 2.24) is 0 Å². The summed E-state index contributed by atoms with van der Waals surface area (Å²) in [6, 6.07) is 0. The minimum Gasteiger partial charge on any atom is -0.756 e. The molecule has 0 aromatic carbocycles. The van der Waals surface area contributed by atoms with E-state index in [2.05, 4.69) is 74.6 Å². The molecule has 0 aliphatic rings. The smallest absolute Gasteiger partial charge is 0.306 e. The Labute approximate surface area is 336 Å². The second-order valence-electron chi connectivity index (χ2n) is 15.3. The van der Waals surface area contributed by atoms with Gasteiger partial charge in [-0.15, -0.1) is 0 Å². The molecule has 55 heavy (non-hydrogen) atoms. The van der Waals surface area contributed by atoms with E-state index in [0.29, 0.717) is 17.4 Å². The molecular weight excluding hydrogens is 713 g/mol. The molecule has 318 valence electrons. The first-order valence-corrected chi connectivity index (χ1v) is 23.0. The number of allylic oxidation sites excluding steroid dienone is 10. The van der Waals surface area contributed by atoms with Crippen LogP contribution in [-0.4, -0.2) is 70.0 Å². The first-order chi connectivity index (χ1) is 26.5. The van der Waals surface area contributed by atoms with Gasteiger partial charge in [-0.3, -0.25) is 14.2 Å². The zero-order valence-corrected chi connectivity index (χ0v) is 36.5. The quantitative estimate of drug-likeness (QED) is 0.0200. The number of hydrogen-bond acceptors (Lipinski definition) is 8. The molecule has 10 heteroatoms. The van der Waals surface area contributed by atoms with Gasteiger partial charge in [0.2, 0.25) is 0 Å². The molecule has 0 radical (unpaired) electrons. The molecule has 0 aliphatic heterocycles. The number of nitrogens with zero attached hydrogens (tertiary/aromatic N) is 1. The van der Waals surface area contributed by atoms with Crippen LogP contribution in [0, 0.1) is 0 Å². The van der Waals surface area contributed by atoms with E-state index >= 15 is 0 Å². The molecular formula is C45H80NO8P. The predicted molar refractivity (Wildman–Crippen MR) is 226 cm³/mol. The Morgan fingerprint density at radius 2 is 1.04 bits per heavy atom. The third-order valence-electron chi connectivity index (χ3n) is 8.80. The second-order valence-corrected chi connectivity index (χ2v) is 16.7. The molecule has 0 bridgehead atoms. The average molecular weight is 794 g/mol. The maximum Gasteiger partial charge on any atom is 0.306 e. The highest BCUT2D eigenvalue weighted by atomic mass is 31.2. The number of carbonyl (C=O) groups excluding carboxylic acids is 2. The summed E-state index contributed by atoms with van der Waals surface area (Å²) in [6.45, 7) is 4.05. The first-order valence-electron chi connectivity index (χ1n) is 21.5. The van der Waals surface area contributed by atoms with Gasteiger partial charge in [0.05, 0.1) is 27.7 Å². The topological polar surface area (TPSA) is 111 Å². The van der Waals surface area contributed by atoms with E-state index in [-0.39, 0.29) is 26.1 Å². The SMILES string of the molecule is CC/C=C\C/C=C\C/C=C\C/C=C\C/C=C\CCCCCCCCCC(=O)OC(COC(=O)CCCCCCCCCC)COP(=O)([O-])OCC[N+](C)(C)C. The fraction of sp³-hybridized carbons (Fsp3) is 0.733. The van der Waals surface area contributed by atoms with E-state index in [4.69, 9.17) is 18.5 Å². The number of esters is 2. The molecule has 0 aliphatic carbocycles. The summed E-state index contributed by atoms with van der Waals surface area (Å²) < 4.78 is 33.8. The Bertz CT molecular complexity index is 1120. The van der Waals surface area contributed by atoms with Crippen molar-refractivity contribution in [2.24, 2.45) is 0 Å². The number of ether oxygens (including phenoxy) is 2. The lowest BCUT2D eigenvalue weighted by molar-refractivity contribution is -0.870. The van der Waals surface area contributed by atoms with Gasteiger partial charge >= 0.3 is 11.9 Å². The van der Waals surface area contributed by atoms with Crippen molar-refractivity contribution in [3.63, 3.8) is 0 Å². The average Bonchev–Trinajstić information content (AvgIpc) is 3.13. The molecule has 0 spiro atoms. The molecule has 9 nitrogen and oxygen atoms in total. The van der Waals surface area contributed by atoms with Crippen molar-refractivity contribution in [3.05, 3.63) is 60.8 Å². The van der Waals surface area contributed by atoms with Crippen molar-refractivity contribution in [1.29, 1.82) is 0 Å². The highest BCUT2D eigenvalue weighted by molar-refractivity contribution is 7.45. The van der Waals surface area contributed by atoms with Gasteiger partial charge in [0.15, 0.2) is 6.10 Å². The van der Waals surface area contributed by atoms with Gasteiger partial charge < -0.3 is 27.9 Å². The minimum absolute atomic E-state index is 0.0351. The van der Waals surface area contributed by atoms with Gasteiger partial charge in [-0.1, -0.05) is 152 Å². The lowest BCUT2D eigenvalue weighted by Crippen LogP contribution is -2.37. The molecule has 0 saturated heterocycles. The maximum atomic E-state index is 12.6. The molecule has 0 heterocycles. The van der Waals surface area contributed by atoms with Gasteiger partial charge in [-0.05, 0) is 57.8 Å². The lowest BCUT2D eigenvalue weighted by Gasteiger charge is -2.28. The summed E-state index contributed by atoms with van der Waals surface area (Å²) in [5.41, 5.74) is 0. The van der Waals surface area contributed by atoms with E-state index in [1.807, 2.05) is 21.1 Å². The molecule has 0 fully saturated rings. The van der Waals surface area contributed by atoms with Gasteiger partial charge in [0, 0.05) is 12.8 Å². The molecule has 0 N–H and O–H groups in total. The normalized spacial score (nSPS) is 14.2. The van der Waals surface area contributed by atoms with Crippen LogP contribution in [0.3, 0.4) is 0 Å². The predicted octanol–water partition coefficient (Wildman–Crippen LogP) is 11.4. The number of rotatable bonds is 38. The molecule has 0 rings (SSSR count). The summed E-state index contributed by atoms with van der Waals surface area (Å²) in [7, 11) is 1.15. The minimum atomic E-state index is -4.62. The van der Waals surface area contributed by atoms with Gasteiger partial charge in [-0.25, -0.2) is 0 Å². The summed E-state index contributed by atoms with van der Waals surface area (Å²) >= 11 is 0. The van der Waals surface area contributed by atoms with Crippen molar-refractivity contribution in [3.8, 4) is 0 Å². The zero-order chi connectivity index (χ0) is 40.7. The van der Waals surface area contributed by atoms with Crippen LogP contribution in [0.4, 0.5) is 0 Å². The third kappa shape index (κ3) is 41.2. The number of phosphoric ester groups is 1. The fourth-order valence-electron chi connectivity index (χ4n) is 5.44. The van der Waals surface area contributed by atoms with E-state index < -0.39 is 32.5 Å². The Morgan fingerprint density at radius 3 is 1.55 bits per heavy atom. The van der Waals surface area contributed by atoms with Crippen LogP contribution in [0.5, 0.6) is 0 Å². The number of quaternary nitrogens is 1. The first kappa shape index (κ1) is 52.7. The molecule has 2 atom stereocenters. The van der Waals surface area contributed by atoms with E-state index in [1.54, 1.807) is 0 Å². The van der Waals surface area contributed by atoms with Gasteiger partial charge in [0.1, 0.15) is 19.8 Å². The van der Waals surface area contributed by atoms with E-state index in [9.17, 15) is 19.0 Å². The number of carbonyl (C=O) groups is 2. The largest absolute Gasteiger partial charge is 0.756 e. The summed E-state index contributed by atoms with van der Waals surface area (Å²) in [6.07, 6.45) is 44.0. The van der Waals surface area contributed by atoms with Crippen molar-refractivity contribution in [2.75, 3.05) is 47.5 Å². The number of likely N-dealkylation sites (N-methyl/N-ethyl adjacent to an activating group) is 1. The Kier molecular flexibility index (Phi) is 35.7. The van der Waals surface area contributed by atoms with Crippen LogP contribution in [0.25, 0.3) is 0 Å². The van der Waals surface area contributed by atoms with E-state index in [0.717, 1.165) is 77.0 Å². The Morgan fingerprint density at radius 1 is 0.582 bits per heavy atom. The van der Waals surface area contributed by atoms with Gasteiger partial charge in [-0.2, -0.15) is 0 Å². The standard InChI is InChI=1S/C45H80NO8P/c1-6-8-10-12-14-16-17-18-19-20-21-22-23-24-25-26-27-28-29-30-32-34-36-38-45(48)54-43(42-53-55(49,50)52-40-39-46(3,4)5)41-51-44(47)37-35-33-31-15-13-11-9-7-2/h8,10,14,16,18-19,21-22,24-25,43H,6-7,9,11-13,15,17,20,23,26-42H2,1-5H3/b10-8-,16-14-,19-18-,22-21-,25-24-. The van der Waals surface area contributed by atoms with Gasteiger partial charge in [0.25, 0.3) is 7.82 Å². The maximum absolute atomic E-state index is 12.6. The number of hydrogen-bond donors (Lipinski definition) is 0. The lowest BCUT2D eigenvalue weighted by atomic mass is 10.1. The van der Waals surface area contributed by atoms with Crippen LogP contribution < -0.4 is 4.89 Å². The van der Waals surface area contributed by atoms with Crippen LogP contribution in [-0.2, 0) is 32.7 Å². The molecule has 0 aromatic rings. The Hall–Kier alpha value is -2.29. The summed E-state index contributed by atoms with van der Waals surface area (Å²) in [4.78, 5) is 37.3.